The molecule has 7 heteroatoms. The molecule has 0 aromatic heterocycles. The van der Waals surface area contributed by atoms with Crippen molar-refractivity contribution in [2.24, 2.45) is 0 Å². The Morgan fingerprint density at radius 1 is 1.03 bits per heavy atom. The Labute approximate surface area is 188 Å². The number of rotatable bonds is 2. The molecule has 1 atom stereocenters. The first-order valence-corrected chi connectivity index (χ1v) is 11.1. The monoisotopic (exact) mass is 446 g/mol. The predicted octanol–water partition coefficient (Wildman–Crippen LogP) is 4.37. The molecular formula is C23H28Cl2N4O. The molecule has 0 bridgehead atoms. The molecule has 1 unspecified atom stereocenters. The number of benzene rings is 2. The molecule has 2 aliphatic rings. The van der Waals surface area contributed by atoms with Crippen molar-refractivity contribution in [2.45, 2.75) is 12.5 Å². The first-order valence-electron chi connectivity index (χ1n) is 10.3. The second-order valence-corrected chi connectivity index (χ2v) is 9.28. The van der Waals surface area contributed by atoms with Crippen LogP contribution in [0.25, 0.3) is 0 Å². The van der Waals surface area contributed by atoms with Crippen LogP contribution in [0.3, 0.4) is 0 Å². The van der Waals surface area contributed by atoms with Crippen molar-refractivity contribution in [3.05, 3.63) is 63.1 Å². The Morgan fingerprint density at radius 2 is 1.77 bits per heavy atom. The molecular weight excluding hydrogens is 419 g/mol. The van der Waals surface area contributed by atoms with E-state index in [9.17, 15) is 4.79 Å². The standard InChI is InChI=1S/C23H28Cl2N4O/c1-26-7-9-29(10-8-26)23(30)28(3)18-6-4-5-16(11-18)20-14-27(2)15-21-19(20)12-17(24)13-22(21)25/h4-6,11-13,20H,7-10,14-15H2,1-3H3. The van der Waals surface area contributed by atoms with Gasteiger partial charge in [0.15, 0.2) is 0 Å². The number of urea groups is 1. The maximum absolute atomic E-state index is 13.0. The molecule has 160 valence electrons. The van der Waals surface area contributed by atoms with Gasteiger partial charge in [0.1, 0.15) is 0 Å². The topological polar surface area (TPSA) is 30.0 Å². The van der Waals surface area contributed by atoms with Crippen molar-refractivity contribution >= 4 is 34.9 Å². The van der Waals surface area contributed by atoms with Crippen LogP contribution in [-0.4, -0.2) is 74.6 Å². The molecule has 0 radical (unpaired) electrons. The average Bonchev–Trinajstić information content (AvgIpc) is 2.73. The van der Waals surface area contributed by atoms with Crippen LogP contribution in [0.4, 0.5) is 10.5 Å². The van der Waals surface area contributed by atoms with E-state index in [1.165, 1.54) is 5.56 Å². The third-order valence-corrected chi connectivity index (χ3v) is 6.77. The van der Waals surface area contributed by atoms with Crippen LogP contribution in [0.2, 0.25) is 10.0 Å². The van der Waals surface area contributed by atoms with E-state index < -0.39 is 0 Å². The summed E-state index contributed by atoms with van der Waals surface area (Å²) in [4.78, 5) is 21.2. The van der Waals surface area contributed by atoms with Crippen LogP contribution < -0.4 is 4.90 Å². The van der Waals surface area contributed by atoms with E-state index in [0.717, 1.165) is 56.1 Å². The summed E-state index contributed by atoms with van der Waals surface area (Å²) in [5, 5.41) is 1.37. The Balaban J connectivity index is 1.62. The van der Waals surface area contributed by atoms with Crippen molar-refractivity contribution < 1.29 is 4.79 Å². The summed E-state index contributed by atoms with van der Waals surface area (Å²) in [6.07, 6.45) is 0. The molecule has 0 N–H and O–H groups in total. The van der Waals surface area contributed by atoms with E-state index in [2.05, 4.69) is 36.0 Å². The molecule has 0 aliphatic carbocycles. The zero-order valence-corrected chi connectivity index (χ0v) is 19.2. The van der Waals surface area contributed by atoms with Crippen LogP contribution in [0, 0.1) is 0 Å². The van der Waals surface area contributed by atoms with E-state index in [1.54, 1.807) is 4.90 Å². The fourth-order valence-electron chi connectivity index (χ4n) is 4.40. The average molecular weight is 447 g/mol. The van der Waals surface area contributed by atoms with E-state index in [-0.39, 0.29) is 11.9 Å². The van der Waals surface area contributed by atoms with Gasteiger partial charge in [-0.2, -0.15) is 0 Å². The molecule has 2 aromatic rings. The van der Waals surface area contributed by atoms with Gasteiger partial charge < -0.3 is 14.7 Å². The van der Waals surface area contributed by atoms with E-state index in [1.807, 2.05) is 36.2 Å². The first-order chi connectivity index (χ1) is 14.3. The number of carbonyl (C=O) groups is 1. The molecule has 2 aromatic carbocycles. The highest BCUT2D eigenvalue weighted by Crippen LogP contribution is 2.39. The summed E-state index contributed by atoms with van der Waals surface area (Å²) in [5.74, 6) is 0.155. The number of halogens is 2. The Kier molecular flexibility index (Phi) is 6.26. The zero-order valence-electron chi connectivity index (χ0n) is 17.7. The van der Waals surface area contributed by atoms with Crippen LogP contribution >= 0.6 is 23.2 Å². The number of hydrogen-bond acceptors (Lipinski definition) is 3. The molecule has 2 heterocycles. The van der Waals surface area contributed by atoms with Crippen LogP contribution in [0.1, 0.15) is 22.6 Å². The van der Waals surface area contributed by atoms with Crippen molar-refractivity contribution in [3.63, 3.8) is 0 Å². The second kappa shape index (κ2) is 8.75. The van der Waals surface area contributed by atoms with Crippen molar-refractivity contribution in [1.29, 1.82) is 0 Å². The summed E-state index contributed by atoms with van der Waals surface area (Å²) >= 11 is 12.8. The van der Waals surface area contributed by atoms with Gasteiger partial charge in [-0.3, -0.25) is 4.90 Å². The minimum Gasteiger partial charge on any atom is -0.322 e. The fraction of sp³-hybridized carbons (Fsp3) is 0.435. The van der Waals surface area contributed by atoms with Gasteiger partial charge >= 0.3 is 6.03 Å². The van der Waals surface area contributed by atoms with Crippen LogP contribution in [-0.2, 0) is 6.54 Å². The number of carbonyl (C=O) groups excluding carboxylic acids is 1. The molecule has 0 spiro atoms. The summed E-state index contributed by atoms with van der Waals surface area (Å²) in [7, 11) is 6.05. The lowest BCUT2D eigenvalue weighted by molar-refractivity contribution is 0.160. The lowest BCUT2D eigenvalue weighted by Crippen LogP contribution is -2.51. The Morgan fingerprint density at radius 3 is 2.50 bits per heavy atom. The maximum atomic E-state index is 13.0. The highest BCUT2D eigenvalue weighted by molar-refractivity contribution is 6.35. The van der Waals surface area contributed by atoms with Gasteiger partial charge in [0.2, 0.25) is 0 Å². The lowest BCUT2D eigenvalue weighted by Gasteiger charge is -2.35. The molecule has 5 nitrogen and oxygen atoms in total. The summed E-state index contributed by atoms with van der Waals surface area (Å²) in [6, 6.07) is 12.2. The molecule has 0 saturated carbocycles. The summed E-state index contributed by atoms with van der Waals surface area (Å²) in [5.41, 5.74) is 4.37. The predicted molar refractivity (Wildman–Crippen MR) is 124 cm³/mol. The van der Waals surface area contributed by atoms with E-state index >= 15 is 0 Å². The first kappa shape index (κ1) is 21.4. The van der Waals surface area contributed by atoms with Crippen LogP contribution in [0.15, 0.2) is 36.4 Å². The van der Waals surface area contributed by atoms with E-state index in [0.29, 0.717) is 10.0 Å². The number of fused-ring (bicyclic) bond motifs is 1. The summed E-state index contributed by atoms with van der Waals surface area (Å²) in [6.45, 7) is 5.03. The molecule has 30 heavy (non-hydrogen) atoms. The smallest absolute Gasteiger partial charge is 0.322 e. The van der Waals surface area contributed by atoms with Gasteiger partial charge in [-0.25, -0.2) is 4.79 Å². The van der Waals surface area contributed by atoms with Gasteiger partial charge in [-0.15, -0.1) is 0 Å². The molecule has 1 fully saturated rings. The third kappa shape index (κ3) is 4.30. The SMILES string of the molecule is CN1CCN(C(=O)N(C)c2cccc(C3CN(C)Cc4c(Cl)cc(Cl)cc43)c2)CC1. The quantitative estimate of drug-likeness (QED) is 0.685. The third-order valence-electron chi connectivity index (χ3n) is 6.21. The highest BCUT2D eigenvalue weighted by Gasteiger charge is 2.28. The normalized spacial score (nSPS) is 20.2. The second-order valence-electron chi connectivity index (χ2n) is 8.43. The summed E-state index contributed by atoms with van der Waals surface area (Å²) < 4.78 is 0. The number of likely N-dealkylation sites (N-methyl/N-ethyl adjacent to an activating group) is 2. The highest BCUT2D eigenvalue weighted by atomic mass is 35.5. The zero-order chi connectivity index (χ0) is 21.4. The molecule has 2 aliphatic heterocycles. The van der Waals surface area contributed by atoms with Gasteiger partial charge in [-0.05, 0) is 55.1 Å². The number of piperazine rings is 1. The number of amides is 2. The molecule has 2 amide bonds. The van der Waals surface area contributed by atoms with E-state index in [4.69, 9.17) is 23.2 Å². The van der Waals surface area contributed by atoms with Gasteiger partial charge in [0.25, 0.3) is 0 Å². The molecule has 1 saturated heterocycles. The van der Waals surface area contributed by atoms with Gasteiger partial charge in [0, 0.05) is 68.0 Å². The number of nitrogens with zero attached hydrogens (tertiary/aromatic N) is 4. The van der Waals surface area contributed by atoms with Crippen molar-refractivity contribution in [2.75, 3.05) is 58.8 Å². The minimum atomic E-state index is 0.0486. The minimum absolute atomic E-state index is 0.0486. The molecule has 4 rings (SSSR count). The van der Waals surface area contributed by atoms with Gasteiger partial charge in [-0.1, -0.05) is 35.3 Å². The maximum Gasteiger partial charge on any atom is 0.324 e. The fourth-order valence-corrected chi connectivity index (χ4v) is 4.97. The van der Waals surface area contributed by atoms with Crippen LogP contribution in [0.5, 0.6) is 0 Å². The largest absolute Gasteiger partial charge is 0.324 e. The number of hydrogen-bond donors (Lipinski definition) is 0. The lowest BCUT2D eigenvalue weighted by atomic mass is 9.84. The number of anilines is 1. The van der Waals surface area contributed by atoms with Crippen molar-refractivity contribution in [3.8, 4) is 0 Å². The Hall–Kier alpha value is -1.79. The Bertz CT molecular complexity index is 943. The van der Waals surface area contributed by atoms with Gasteiger partial charge in [0.05, 0.1) is 0 Å². The van der Waals surface area contributed by atoms with Crippen molar-refractivity contribution in [1.82, 2.24) is 14.7 Å².